The average Bonchev–Trinajstić information content (AvgIpc) is 2.93. The monoisotopic (exact) mass is 379 g/mol. The van der Waals surface area contributed by atoms with Gasteiger partial charge in [-0.3, -0.25) is 4.90 Å². The summed E-state index contributed by atoms with van der Waals surface area (Å²) in [4.78, 5) is 15.2. The van der Waals surface area contributed by atoms with Crippen molar-refractivity contribution in [2.45, 2.75) is 57.3 Å². The Hall–Kier alpha value is -2.53. The second-order valence-corrected chi connectivity index (χ2v) is 7.74. The predicted octanol–water partition coefficient (Wildman–Crippen LogP) is 4.40. The number of fused-ring (bicyclic) bond motifs is 2. The topological polar surface area (TPSA) is 53.6 Å². The van der Waals surface area contributed by atoms with E-state index in [4.69, 9.17) is 4.74 Å². The van der Waals surface area contributed by atoms with Gasteiger partial charge in [-0.15, -0.1) is 0 Å². The van der Waals surface area contributed by atoms with Crippen LogP contribution in [0.25, 0.3) is 0 Å². The molecule has 2 heterocycles. The molecule has 2 amide bonds. The lowest BCUT2D eigenvalue weighted by Crippen LogP contribution is -2.50. The van der Waals surface area contributed by atoms with Gasteiger partial charge in [0.2, 0.25) is 0 Å². The summed E-state index contributed by atoms with van der Waals surface area (Å²) in [6, 6.07) is 19.4. The zero-order valence-corrected chi connectivity index (χ0v) is 16.4. The van der Waals surface area contributed by atoms with E-state index in [-0.39, 0.29) is 12.1 Å². The zero-order valence-electron chi connectivity index (χ0n) is 16.4. The van der Waals surface area contributed by atoms with Crippen molar-refractivity contribution in [3.05, 3.63) is 60.2 Å². The smallest absolute Gasteiger partial charge is 0.319 e. The Morgan fingerprint density at radius 1 is 1.04 bits per heavy atom. The molecule has 0 radical (unpaired) electrons. The number of urea groups is 1. The highest BCUT2D eigenvalue weighted by Crippen LogP contribution is 2.37. The highest BCUT2D eigenvalue weighted by molar-refractivity contribution is 5.91. The first-order valence-electron chi connectivity index (χ1n) is 10.3. The number of rotatable bonds is 6. The molecule has 28 heavy (non-hydrogen) atoms. The summed E-state index contributed by atoms with van der Waals surface area (Å²) < 4.78 is 5.59. The van der Waals surface area contributed by atoms with Gasteiger partial charge < -0.3 is 15.4 Å². The summed E-state index contributed by atoms with van der Waals surface area (Å²) in [6.07, 6.45) is 4.49. The first-order chi connectivity index (χ1) is 13.7. The third-order valence-electron chi connectivity index (χ3n) is 5.86. The van der Waals surface area contributed by atoms with E-state index in [2.05, 4.69) is 45.9 Å². The fraction of sp³-hybridized carbons (Fsp3) is 0.435. The number of benzene rings is 2. The molecule has 2 aromatic carbocycles. The van der Waals surface area contributed by atoms with Gasteiger partial charge in [0.15, 0.2) is 0 Å². The fourth-order valence-corrected chi connectivity index (χ4v) is 4.64. The fourth-order valence-electron chi connectivity index (χ4n) is 4.64. The van der Waals surface area contributed by atoms with Crippen LogP contribution in [-0.4, -0.2) is 35.7 Å². The molecule has 0 spiro atoms. The van der Waals surface area contributed by atoms with Gasteiger partial charge in [-0.05, 0) is 50.3 Å². The van der Waals surface area contributed by atoms with Crippen LogP contribution in [0.3, 0.4) is 0 Å². The Labute approximate surface area is 167 Å². The predicted molar refractivity (Wildman–Crippen MR) is 112 cm³/mol. The maximum absolute atomic E-state index is 12.6. The van der Waals surface area contributed by atoms with Crippen LogP contribution in [0.1, 0.15) is 38.2 Å². The summed E-state index contributed by atoms with van der Waals surface area (Å²) in [5.74, 6) is 0.706. The Kier molecular flexibility index (Phi) is 5.81. The van der Waals surface area contributed by atoms with E-state index >= 15 is 0 Å². The number of nitrogens with zero attached hydrogens (tertiary/aromatic N) is 1. The van der Waals surface area contributed by atoms with Crippen molar-refractivity contribution >= 4 is 11.7 Å². The molecule has 2 aliphatic rings. The van der Waals surface area contributed by atoms with E-state index in [1.54, 1.807) is 0 Å². The normalized spacial score (nSPS) is 24.0. The first kappa shape index (κ1) is 18.8. The van der Waals surface area contributed by atoms with Crippen LogP contribution in [0.4, 0.5) is 10.5 Å². The SMILES string of the molecule is CCOc1ccccc1NC(=O)NC1C[C@H]2CC[C@H](C1)N2Cc1ccccc1. The molecule has 2 fully saturated rings. The highest BCUT2D eigenvalue weighted by atomic mass is 16.5. The van der Waals surface area contributed by atoms with Gasteiger partial charge in [0, 0.05) is 24.7 Å². The molecule has 2 N–H and O–H groups in total. The standard InChI is InChI=1S/C23H29N3O2/c1-2-28-22-11-7-6-10-21(22)25-23(27)24-18-14-19-12-13-20(15-18)26(19)16-17-8-4-3-5-9-17/h3-11,18-20H,2,12-16H2,1H3,(H2,24,25,27)/t19-,20-/m1/s1. The summed E-state index contributed by atoms with van der Waals surface area (Å²) in [6.45, 7) is 3.52. The second kappa shape index (κ2) is 8.65. The van der Waals surface area contributed by atoms with E-state index in [1.165, 1.54) is 18.4 Å². The molecule has 2 atom stereocenters. The number of nitrogens with one attached hydrogen (secondary N) is 2. The van der Waals surface area contributed by atoms with Crippen LogP contribution >= 0.6 is 0 Å². The molecule has 0 aromatic heterocycles. The van der Waals surface area contributed by atoms with Crippen LogP contribution in [0.15, 0.2) is 54.6 Å². The number of ether oxygens (including phenoxy) is 1. The minimum absolute atomic E-state index is 0.145. The van der Waals surface area contributed by atoms with Crippen LogP contribution in [0.2, 0.25) is 0 Å². The van der Waals surface area contributed by atoms with Crippen molar-refractivity contribution in [2.24, 2.45) is 0 Å². The number of hydrogen-bond donors (Lipinski definition) is 2. The Morgan fingerprint density at radius 3 is 2.43 bits per heavy atom. The molecule has 0 aliphatic carbocycles. The largest absolute Gasteiger partial charge is 0.492 e. The van der Waals surface area contributed by atoms with E-state index in [1.807, 2.05) is 31.2 Å². The quantitative estimate of drug-likeness (QED) is 0.782. The Morgan fingerprint density at radius 2 is 1.71 bits per heavy atom. The van der Waals surface area contributed by atoms with Crippen LogP contribution < -0.4 is 15.4 Å². The number of carbonyl (C=O) groups is 1. The van der Waals surface area contributed by atoms with Gasteiger partial charge in [0.25, 0.3) is 0 Å². The van der Waals surface area contributed by atoms with E-state index < -0.39 is 0 Å². The molecule has 2 aliphatic heterocycles. The van der Waals surface area contributed by atoms with E-state index in [9.17, 15) is 4.79 Å². The number of amides is 2. The molecule has 4 rings (SSSR count). The third-order valence-corrected chi connectivity index (χ3v) is 5.86. The summed E-state index contributed by atoms with van der Waals surface area (Å²) in [7, 11) is 0. The molecule has 2 bridgehead atoms. The molecule has 2 aromatic rings. The lowest BCUT2D eigenvalue weighted by Gasteiger charge is -2.39. The van der Waals surface area contributed by atoms with Crippen molar-refractivity contribution in [1.29, 1.82) is 0 Å². The second-order valence-electron chi connectivity index (χ2n) is 7.74. The molecule has 0 saturated carbocycles. The zero-order chi connectivity index (χ0) is 19.3. The van der Waals surface area contributed by atoms with Crippen molar-refractivity contribution in [1.82, 2.24) is 10.2 Å². The molecular formula is C23H29N3O2. The van der Waals surface area contributed by atoms with Gasteiger partial charge in [-0.25, -0.2) is 4.79 Å². The Balaban J connectivity index is 1.33. The Bertz CT molecular complexity index is 781. The number of hydrogen-bond acceptors (Lipinski definition) is 3. The molecule has 2 saturated heterocycles. The van der Waals surface area contributed by atoms with Crippen molar-refractivity contribution < 1.29 is 9.53 Å². The van der Waals surface area contributed by atoms with Crippen molar-refractivity contribution in [2.75, 3.05) is 11.9 Å². The maximum Gasteiger partial charge on any atom is 0.319 e. The molecule has 148 valence electrons. The van der Waals surface area contributed by atoms with Crippen LogP contribution in [-0.2, 0) is 6.54 Å². The van der Waals surface area contributed by atoms with Crippen LogP contribution in [0.5, 0.6) is 5.75 Å². The molecule has 5 heteroatoms. The summed E-state index contributed by atoms with van der Waals surface area (Å²) in [5.41, 5.74) is 2.09. The summed E-state index contributed by atoms with van der Waals surface area (Å²) >= 11 is 0. The summed E-state index contributed by atoms with van der Waals surface area (Å²) in [5, 5.41) is 6.14. The lowest BCUT2D eigenvalue weighted by atomic mass is 9.96. The van der Waals surface area contributed by atoms with Crippen molar-refractivity contribution in [3.8, 4) is 5.75 Å². The number of anilines is 1. The third kappa shape index (κ3) is 4.30. The number of carbonyl (C=O) groups excluding carboxylic acids is 1. The highest BCUT2D eigenvalue weighted by Gasteiger charge is 2.40. The van der Waals surface area contributed by atoms with Crippen molar-refractivity contribution in [3.63, 3.8) is 0 Å². The van der Waals surface area contributed by atoms with Crippen LogP contribution in [0, 0.1) is 0 Å². The average molecular weight is 380 g/mol. The maximum atomic E-state index is 12.6. The van der Waals surface area contributed by atoms with Gasteiger partial charge in [0.1, 0.15) is 5.75 Å². The first-order valence-corrected chi connectivity index (χ1v) is 10.3. The van der Waals surface area contributed by atoms with E-state index in [0.29, 0.717) is 30.1 Å². The molecule has 5 nitrogen and oxygen atoms in total. The van der Waals surface area contributed by atoms with Gasteiger partial charge in [-0.2, -0.15) is 0 Å². The number of piperidine rings is 1. The minimum Gasteiger partial charge on any atom is -0.492 e. The van der Waals surface area contributed by atoms with Gasteiger partial charge in [-0.1, -0.05) is 42.5 Å². The van der Waals surface area contributed by atoms with E-state index in [0.717, 1.165) is 19.4 Å². The lowest BCUT2D eigenvalue weighted by molar-refractivity contribution is 0.112. The minimum atomic E-state index is -0.145. The van der Waals surface area contributed by atoms with Gasteiger partial charge >= 0.3 is 6.03 Å². The molecule has 0 unspecified atom stereocenters. The number of para-hydroxylation sites is 2. The van der Waals surface area contributed by atoms with Gasteiger partial charge in [0.05, 0.1) is 12.3 Å². The molecular weight excluding hydrogens is 350 g/mol.